The molecule has 6 heteroatoms. The van der Waals surface area contributed by atoms with E-state index in [1.165, 1.54) is 26.5 Å². The number of nitrogens with zero attached hydrogens (tertiary/aromatic N) is 2. The van der Waals surface area contributed by atoms with Crippen molar-refractivity contribution in [1.29, 1.82) is 0 Å². The zero-order valence-corrected chi connectivity index (χ0v) is 24.0. The topological polar surface area (TPSA) is 83.7 Å². The molecule has 2 fully saturated rings. The first kappa shape index (κ1) is 29.6. The van der Waals surface area contributed by atoms with E-state index in [-0.39, 0.29) is 35.7 Å². The van der Waals surface area contributed by atoms with Crippen LogP contribution in [0, 0.1) is 0 Å². The fourth-order valence-electron chi connectivity index (χ4n) is 4.94. The molecule has 2 N–H and O–H groups in total. The van der Waals surface area contributed by atoms with E-state index in [4.69, 9.17) is 5.73 Å². The molecule has 38 heavy (non-hydrogen) atoms. The Morgan fingerprint density at radius 3 is 1.63 bits per heavy atom. The summed E-state index contributed by atoms with van der Waals surface area (Å²) in [5, 5.41) is 0. The van der Waals surface area contributed by atoms with Crippen LogP contribution in [-0.4, -0.2) is 33.7 Å². The van der Waals surface area contributed by atoms with Gasteiger partial charge in [0.25, 0.3) is 0 Å². The zero-order chi connectivity index (χ0) is 28.1. The SMILES string of the molecule is CC(C)(C)c1ccc(CN)cc1.CC(C)(C)c1ccc(CN2C(=O)CC(=O)N(C3CCCCC3)C2=O)cc1. The average Bonchev–Trinajstić information content (AvgIpc) is 2.87. The van der Waals surface area contributed by atoms with Crippen molar-refractivity contribution in [3.8, 4) is 0 Å². The molecule has 1 aliphatic carbocycles. The van der Waals surface area contributed by atoms with Crippen LogP contribution in [0.4, 0.5) is 4.79 Å². The van der Waals surface area contributed by atoms with Crippen molar-refractivity contribution in [3.05, 3.63) is 70.8 Å². The summed E-state index contributed by atoms with van der Waals surface area (Å²) in [5.41, 5.74) is 10.5. The predicted molar refractivity (Wildman–Crippen MR) is 152 cm³/mol. The molecule has 0 unspecified atom stereocenters. The number of barbiturate groups is 1. The standard InChI is InChI=1S/C21H28N2O3.C11H17N/c1-21(2,3)16-11-9-15(10-12-16)14-22-18(24)13-19(25)23(20(22)26)17-7-5-4-6-8-17;1-11(2,3)10-6-4-9(8-12)5-7-10/h9-12,17H,4-8,13-14H2,1-3H3;4-7H,8,12H2,1-3H3. The maximum absolute atomic E-state index is 12.9. The number of urea groups is 1. The van der Waals surface area contributed by atoms with Crippen LogP contribution < -0.4 is 5.73 Å². The third-order valence-electron chi connectivity index (χ3n) is 7.47. The van der Waals surface area contributed by atoms with Crippen LogP contribution in [-0.2, 0) is 33.5 Å². The molecule has 2 aromatic rings. The van der Waals surface area contributed by atoms with Gasteiger partial charge in [0.2, 0.25) is 11.8 Å². The van der Waals surface area contributed by atoms with E-state index >= 15 is 0 Å². The molecule has 2 aliphatic rings. The van der Waals surface area contributed by atoms with E-state index in [9.17, 15) is 14.4 Å². The Morgan fingerprint density at radius 2 is 1.18 bits per heavy atom. The summed E-state index contributed by atoms with van der Waals surface area (Å²) < 4.78 is 0. The number of rotatable bonds is 4. The monoisotopic (exact) mass is 519 g/mol. The van der Waals surface area contributed by atoms with Crippen molar-refractivity contribution < 1.29 is 14.4 Å². The molecule has 1 aliphatic heterocycles. The Bertz CT molecular complexity index is 1100. The first-order valence-electron chi connectivity index (χ1n) is 13.9. The molecule has 1 saturated carbocycles. The molecule has 0 bridgehead atoms. The van der Waals surface area contributed by atoms with Gasteiger partial charge in [0.15, 0.2) is 0 Å². The number of hydrogen-bond donors (Lipinski definition) is 1. The molecule has 1 heterocycles. The molecule has 4 amide bonds. The zero-order valence-electron chi connectivity index (χ0n) is 24.0. The lowest BCUT2D eigenvalue weighted by Crippen LogP contribution is -2.58. The van der Waals surface area contributed by atoms with E-state index in [0.29, 0.717) is 6.54 Å². The number of benzene rings is 2. The smallest absolute Gasteiger partial charge is 0.326 e. The highest BCUT2D eigenvalue weighted by molar-refractivity contribution is 6.14. The maximum atomic E-state index is 12.9. The van der Waals surface area contributed by atoms with Gasteiger partial charge < -0.3 is 5.73 Å². The second-order valence-electron chi connectivity index (χ2n) is 12.6. The summed E-state index contributed by atoms with van der Waals surface area (Å²) in [6.07, 6.45) is 4.70. The largest absolute Gasteiger partial charge is 0.333 e. The van der Waals surface area contributed by atoms with E-state index in [1.54, 1.807) is 0 Å². The van der Waals surface area contributed by atoms with Gasteiger partial charge in [0, 0.05) is 12.6 Å². The minimum absolute atomic E-state index is 0.0531. The first-order chi connectivity index (χ1) is 17.8. The molecule has 0 radical (unpaired) electrons. The lowest BCUT2D eigenvalue weighted by Gasteiger charge is -2.39. The van der Waals surface area contributed by atoms with Gasteiger partial charge in [-0.2, -0.15) is 0 Å². The van der Waals surface area contributed by atoms with E-state index in [1.807, 2.05) is 24.3 Å². The van der Waals surface area contributed by atoms with Crippen LogP contribution >= 0.6 is 0 Å². The fourth-order valence-corrected chi connectivity index (χ4v) is 4.94. The van der Waals surface area contributed by atoms with Crippen molar-refractivity contribution in [1.82, 2.24) is 9.80 Å². The minimum Gasteiger partial charge on any atom is -0.326 e. The molecule has 6 nitrogen and oxygen atoms in total. The fraction of sp³-hybridized carbons (Fsp3) is 0.531. The van der Waals surface area contributed by atoms with Crippen molar-refractivity contribution >= 4 is 17.8 Å². The summed E-state index contributed by atoms with van der Waals surface area (Å²) in [6, 6.07) is 16.0. The van der Waals surface area contributed by atoms with Gasteiger partial charge in [0.1, 0.15) is 6.42 Å². The van der Waals surface area contributed by atoms with Gasteiger partial charge >= 0.3 is 6.03 Å². The summed E-state index contributed by atoms with van der Waals surface area (Å²) in [5.74, 6) is -0.738. The number of nitrogens with two attached hydrogens (primary N) is 1. The van der Waals surface area contributed by atoms with E-state index < -0.39 is 11.9 Å². The normalized spacial score (nSPS) is 17.4. The van der Waals surface area contributed by atoms with E-state index in [0.717, 1.165) is 37.7 Å². The average molecular weight is 520 g/mol. The quantitative estimate of drug-likeness (QED) is 0.471. The summed E-state index contributed by atoms with van der Waals surface area (Å²) in [6.45, 7) is 13.9. The number of imide groups is 2. The van der Waals surface area contributed by atoms with Gasteiger partial charge in [-0.15, -0.1) is 0 Å². The molecule has 0 aromatic heterocycles. The van der Waals surface area contributed by atoms with Gasteiger partial charge in [0.05, 0.1) is 6.54 Å². The number of carbonyl (C=O) groups excluding carboxylic acids is 3. The van der Waals surface area contributed by atoms with Crippen molar-refractivity contribution in [3.63, 3.8) is 0 Å². The molecule has 206 valence electrons. The summed E-state index contributed by atoms with van der Waals surface area (Å²) >= 11 is 0. The molecular formula is C32H45N3O3. The molecule has 4 rings (SSSR count). The highest BCUT2D eigenvalue weighted by atomic mass is 16.2. The van der Waals surface area contributed by atoms with Crippen LogP contribution in [0.25, 0.3) is 0 Å². The Hall–Kier alpha value is -2.99. The van der Waals surface area contributed by atoms with Crippen LogP contribution in [0.1, 0.15) is 102 Å². The van der Waals surface area contributed by atoms with Gasteiger partial charge in [-0.25, -0.2) is 4.79 Å². The van der Waals surface area contributed by atoms with E-state index in [2.05, 4.69) is 65.8 Å². The number of carbonyl (C=O) groups is 3. The van der Waals surface area contributed by atoms with Crippen LogP contribution in [0.2, 0.25) is 0 Å². The molecular weight excluding hydrogens is 474 g/mol. The third-order valence-corrected chi connectivity index (χ3v) is 7.47. The predicted octanol–water partition coefficient (Wildman–Crippen LogP) is 6.44. The highest BCUT2D eigenvalue weighted by Gasteiger charge is 2.41. The molecule has 2 aromatic carbocycles. The Balaban J connectivity index is 0.000000279. The first-order valence-corrected chi connectivity index (χ1v) is 13.9. The lowest BCUT2D eigenvalue weighted by atomic mass is 9.87. The summed E-state index contributed by atoms with van der Waals surface area (Å²) in [7, 11) is 0. The lowest BCUT2D eigenvalue weighted by molar-refractivity contribution is -0.144. The van der Waals surface area contributed by atoms with Crippen molar-refractivity contribution in [2.24, 2.45) is 5.73 Å². The maximum Gasteiger partial charge on any atom is 0.333 e. The van der Waals surface area contributed by atoms with Crippen LogP contribution in [0.15, 0.2) is 48.5 Å². The number of amides is 4. The van der Waals surface area contributed by atoms with Crippen molar-refractivity contribution in [2.45, 2.75) is 110 Å². The second kappa shape index (κ2) is 12.2. The minimum atomic E-state index is -0.446. The third kappa shape index (κ3) is 7.53. The van der Waals surface area contributed by atoms with Gasteiger partial charge in [-0.1, -0.05) is 109 Å². The Kier molecular flexibility index (Phi) is 9.53. The number of hydrogen-bond acceptors (Lipinski definition) is 4. The van der Waals surface area contributed by atoms with Gasteiger partial charge in [-0.05, 0) is 45.9 Å². The molecule has 0 spiro atoms. The summed E-state index contributed by atoms with van der Waals surface area (Å²) in [4.78, 5) is 40.1. The second-order valence-corrected chi connectivity index (χ2v) is 12.6. The Morgan fingerprint density at radius 1 is 0.711 bits per heavy atom. The molecule has 0 atom stereocenters. The van der Waals surface area contributed by atoms with Crippen molar-refractivity contribution in [2.75, 3.05) is 0 Å². The van der Waals surface area contributed by atoms with Crippen LogP contribution in [0.5, 0.6) is 0 Å². The molecule has 1 saturated heterocycles. The van der Waals surface area contributed by atoms with Gasteiger partial charge in [-0.3, -0.25) is 19.4 Å². The van der Waals surface area contributed by atoms with Crippen LogP contribution in [0.3, 0.4) is 0 Å². The highest BCUT2D eigenvalue weighted by Crippen LogP contribution is 2.28. The Labute approximate surface area is 228 Å².